The fourth-order valence-electron chi connectivity index (χ4n) is 5.67. The Morgan fingerprint density at radius 1 is 0.559 bits per heavy atom. The summed E-state index contributed by atoms with van der Waals surface area (Å²) in [5.41, 5.74) is 5.77. The first kappa shape index (κ1) is 19.4. The predicted molar refractivity (Wildman–Crippen MR) is 144 cm³/mol. The molecule has 0 fully saturated rings. The van der Waals surface area contributed by atoms with Crippen LogP contribution in [0.25, 0.3) is 60.0 Å². The molecule has 2 aromatic heterocycles. The molecule has 164 valence electrons. The SMILES string of the molecule is CC(C)(C)c1coc2ccc3c4c5ccccc5c5ccccc5c4n(-c4ccccc4)c3c12. The van der Waals surface area contributed by atoms with E-state index in [1.54, 1.807) is 0 Å². The third-order valence-corrected chi connectivity index (χ3v) is 7.16. The summed E-state index contributed by atoms with van der Waals surface area (Å²) in [5.74, 6) is 0. The molecule has 0 aliphatic rings. The normalized spacial score (nSPS) is 12.6. The van der Waals surface area contributed by atoms with Crippen LogP contribution in [-0.4, -0.2) is 4.57 Å². The molecule has 0 atom stereocenters. The molecule has 0 unspecified atom stereocenters. The number of rotatable bonds is 1. The van der Waals surface area contributed by atoms with Crippen molar-refractivity contribution in [2.24, 2.45) is 0 Å². The Kier molecular flexibility index (Phi) is 3.85. The van der Waals surface area contributed by atoms with Gasteiger partial charge in [-0.15, -0.1) is 0 Å². The van der Waals surface area contributed by atoms with E-state index in [1.165, 1.54) is 54.3 Å². The minimum Gasteiger partial charge on any atom is -0.464 e. The fourth-order valence-corrected chi connectivity index (χ4v) is 5.67. The Morgan fingerprint density at radius 2 is 1.15 bits per heavy atom. The van der Waals surface area contributed by atoms with Gasteiger partial charge in [-0.2, -0.15) is 0 Å². The van der Waals surface area contributed by atoms with Crippen molar-refractivity contribution < 1.29 is 4.42 Å². The summed E-state index contributed by atoms with van der Waals surface area (Å²) in [7, 11) is 0. The van der Waals surface area contributed by atoms with Gasteiger partial charge in [-0.3, -0.25) is 0 Å². The van der Waals surface area contributed by atoms with Gasteiger partial charge in [-0.1, -0.05) is 87.5 Å². The van der Waals surface area contributed by atoms with Gasteiger partial charge in [0.05, 0.1) is 17.3 Å². The summed E-state index contributed by atoms with van der Waals surface area (Å²) in [6, 6.07) is 32.7. The van der Waals surface area contributed by atoms with Gasteiger partial charge in [0.1, 0.15) is 5.58 Å². The number of nitrogens with zero attached hydrogens (tertiary/aromatic N) is 1. The van der Waals surface area contributed by atoms with Crippen molar-refractivity contribution in [1.29, 1.82) is 0 Å². The highest BCUT2D eigenvalue weighted by atomic mass is 16.3. The molecule has 0 radical (unpaired) electrons. The van der Waals surface area contributed by atoms with Crippen molar-refractivity contribution in [2.45, 2.75) is 26.2 Å². The zero-order valence-corrected chi connectivity index (χ0v) is 19.6. The smallest absolute Gasteiger partial charge is 0.136 e. The molecule has 34 heavy (non-hydrogen) atoms. The molecule has 0 bridgehead atoms. The van der Waals surface area contributed by atoms with Gasteiger partial charge < -0.3 is 8.98 Å². The van der Waals surface area contributed by atoms with Crippen molar-refractivity contribution in [1.82, 2.24) is 4.57 Å². The molecule has 2 heteroatoms. The van der Waals surface area contributed by atoms with E-state index in [1.807, 2.05) is 6.26 Å². The Bertz CT molecular complexity index is 1880. The zero-order valence-electron chi connectivity index (χ0n) is 19.6. The first-order valence-electron chi connectivity index (χ1n) is 11.9. The molecular formula is C32H25NO. The molecule has 0 N–H and O–H groups in total. The second-order valence-electron chi connectivity index (χ2n) is 10.2. The summed E-state index contributed by atoms with van der Waals surface area (Å²) in [6.07, 6.45) is 1.95. The number of benzene rings is 5. The van der Waals surface area contributed by atoms with E-state index in [-0.39, 0.29) is 5.41 Å². The third-order valence-electron chi connectivity index (χ3n) is 7.16. The van der Waals surface area contributed by atoms with Crippen LogP contribution >= 0.6 is 0 Å². The Balaban J connectivity index is 1.88. The molecular weight excluding hydrogens is 414 g/mol. The number of fused-ring (bicyclic) bond motifs is 10. The van der Waals surface area contributed by atoms with E-state index in [4.69, 9.17) is 4.42 Å². The van der Waals surface area contributed by atoms with Crippen LogP contribution in [0.2, 0.25) is 0 Å². The summed E-state index contributed by atoms with van der Waals surface area (Å²) in [5, 5.41) is 8.90. The minimum atomic E-state index is -0.0400. The van der Waals surface area contributed by atoms with Gasteiger partial charge in [-0.25, -0.2) is 0 Å². The fraction of sp³-hybridized carbons (Fsp3) is 0.125. The molecule has 5 aromatic carbocycles. The predicted octanol–water partition coefficient (Wildman–Crippen LogP) is 9.13. The lowest BCUT2D eigenvalue weighted by Gasteiger charge is -2.18. The molecule has 7 aromatic rings. The molecule has 0 amide bonds. The second-order valence-corrected chi connectivity index (χ2v) is 10.2. The highest BCUT2D eigenvalue weighted by molar-refractivity contribution is 6.34. The van der Waals surface area contributed by atoms with Crippen LogP contribution in [0.5, 0.6) is 0 Å². The second kappa shape index (κ2) is 6.74. The van der Waals surface area contributed by atoms with Gasteiger partial charge in [0, 0.05) is 32.8 Å². The van der Waals surface area contributed by atoms with Crippen LogP contribution in [0, 0.1) is 0 Å². The van der Waals surface area contributed by atoms with Gasteiger partial charge in [0.25, 0.3) is 0 Å². The van der Waals surface area contributed by atoms with Gasteiger partial charge in [0.15, 0.2) is 0 Å². The molecule has 2 nitrogen and oxygen atoms in total. The first-order chi connectivity index (χ1) is 16.5. The van der Waals surface area contributed by atoms with E-state index in [0.29, 0.717) is 0 Å². The lowest BCUT2D eigenvalue weighted by molar-refractivity contribution is 0.557. The Labute approximate surface area is 198 Å². The van der Waals surface area contributed by atoms with Gasteiger partial charge >= 0.3 is 0 Å². The van der Waals surface area contributed by atoms with E-state index in [0.717, 1.165) is 11.3 Å². The summed E-state index contributed by atoms with van der Waals surface area (Å²) in [6.45, 7) is 6.78. The maximum absolute atomic E-state index is 6.13. The molecule has 0 aliphatic carbocycles. The maximum atomic E-state index is 6.13. The van der Waals surface area contributed by atoms with Crippen LogP contribution in [0.15, 0.2) is 102 Å². The molecule has 0 spiro atoms. The summed E-state index contributed by atoms with van der Waals surface area (Å²) < 4.78 is 8.60. The van der Waals surface area contributed by atoms with E-state index < -0.39 is 0 Å². The van der Waals surface area contributed by atoms with Gasteiger partial charge in [-0.05, 0) is 45.8 Å². The summed E-state index contributed by atoms with van der Waals surface area (Å²) >= 11 is 0. The lowest BCUT2D eigenvalue weighted by Crippen LogP contribution is -2.10. The summed E-state index contributed by atoms with van der Waals surface area (Å²) in [4.78, 5) is 0. The van der Waals surface area contributed by atoms with Crippen LogP contribution in [0.4, 0.5) is 0 Å². The maximum Gasteiger partial charge on any atom is 0.136 e. The Morgan fingerprint density at radius 3 is 1.85 bits per heavy atom. The van der Waals surface area contributed by atoms with Crippen LogP contribution < -0.4 is 0 Å². The Hall–Kier alpha value is -4.04. The average Bonchev–Trinajstić information content (AvgIpc) is 3.44. The number of para-hydroxylation sites is 1. The van der Waals surface area contributed by atoms with Crippen molar-refractivity contribution in [2.75, 3.05) is 0 Å². The topological polar surface area (TPSA) is 18.1 Å². The molecule has 0 saturated carbocycles. The molecule has 2 heterocycles. The van der Waals surface area contributed by atoms with Crippen LogP contribution in [0.1, 0.15) is 26.3 Å². The molecule has 0 saturated heterocycles. The van der Waals surface area contributed by atoms with Crippen LogP contribution in [0.3, 0.4) is 0 Å². The van der Waals surface area contributed by atoms with Crippen molar-refractivity contribution >= 4 is 54.3 Å². The monoisotopic (exact) mass is 439 g/mol. The van der Waals surface area contributed by atoms with E-state index in [2.05, 4.69) is 116 Å². The van der Waals surface area contributed by atoms with Crippen LogP contribution in [-0.2, 0) is 5.41 Å². The third kappa shape index (κ3) is 2.51. The standard InChI is InChI=1S/C32H25NO/c1-32(2,3)26-19-34-27-18-17-25-28-23-15-9-7-13-21(23)22-14-8-10-16-24(22)30(28)33(31(25)29(26)27)20-11-5-4-6-12-20/h4-19H,1-3H3. The highest BCUT2D eigenvalue weighted by Crippen LogP contribution is 2.46. The number of aromatic nitrogens is 1. The number of hydrogen-bond acceptors (Lipinski definition) is 1. The molecule has 0 aliphatic heterocycles. The average molecular weight is 440 g/mol. The first-order valence-corrected chi connectivity index (χ1v) is 11.9. The highest BCUT2D eigenvalue weighted by Gasteiger charge is 2.26. The van der Waals surface area contributed by atoms with E-state index in [9.17, 15) is 0 Å². The number of hydrogen-bond donors (Lipinski definition) is 0. The zero-order chi connectivity index (χ0) is 23.0. The van der Waals surface area contributed by atoms with Crippen molar-refractivity contribution in [3.8, 4) is 5.69 Å². The largest absolute Gasteiger partial charge is 0.464 e. The number of furan rings is 1. The minimum absolute atomic E-state index is 0.0400. The quantitative estimate of drug-likeness (QED) is 0.233. The van der Waals surface area contributed by atoms with E-state index >= 15 is 0 Å². The van der Waals surface area contributed by atoms with Crippen molar-refractivity contribution in [3.05, 3.63) is 103 Å². The molecule has 7 rings (SSSR count). The lowest BCUT2D eigenvalue weighted by atomic mass is 9.86. The van der Waals surface area contributed by atoms with Gasteiger partial charge in [0.2, 0.25) is 0 Å². The van der Waals surface area contributed by atoms with Crippen molar-refractivity contribution in [3.63, 3.8) is 0 Å².